The molecule has 7 heteroatoms. The van der Waals surface area contributed by atoms with Crippen LogP contribution in [0.5, 0.6) is 0 Å². The van der Waals surface area contributed by atoms with Gasteiger partial charge in [-0.15, -0.1) is 0 Å². The highest BCUT2D eigenvalue weighted by molar-refractivity contribution is 6.10. The van der Waals surface area contributed by atoms with Crippen molar-refractivity contribution in [1.82, 2.24) is 34.9 Å². The first-order chi connectivity index (χ1) is 25.8. The fourth-order valence-electron chi connectivity index (χ4n) is 7.02. The van der Waals surface area contributed by atoms with Gasteiger partial charge in [0.05, 0.1) is 22.1 Å². The topological polar surface area (TPSA) is 90.2 Å². The minimum atomic E-state index is 0.576. The average Bonchev–Trinajstić information content (AvgIpc) is 3.23. The fourth-order valence-corrected chi connectivity index (χ4v) is 7.02. The molecule has 7 nitrogen and oxygen atoms in total. The molecule has 0 aliphatic rings. The molecule has 0 bridgehead atoms. The lowest BCUT2D eigenvalue weighted by molar-refractivity contribution is 1.07. The van der Waals surface area contributed by atoms with Gasteiger partial charge in [-0.3, -0.25) is 19.9 Å². The second-order valence-corrected chi connectivity index (χ2v) is 12.6. The van der Waals surface area contributed by atoms with Gasteiger partial charge in [0, 0.05) is 63.0 Å². The summed E-state index contributed by atoms with van der Waals surface area (Å²) in [4.78, 5) is 34.2. The number of pyridine rings is 4. The molecule has 10 rings (SSSR count). The lowest BCUT2D eigenvalue weighted by atomic mass is 9.92. The van der Waals surface area contributed by atoms with Gasteiger partial charge in [0.25, 0.3) is 0 Å². The highest BCUT2D eigenvalue weighted by Gasteiger charge is 2.18. The van der Waals surface area contributed by atoms with Crippen LogP contribution in [0.3, 0.4) is 0 Å². The van der Waals surface area contributed by atoms with Crippen molar-refractivity contribution in [2.45, 2.75) is 0 Å². The van der Waals surface area contributed by atoms with Crippen LogP contribution in [0.4, 0.5) is 0 Å². The first kappa shape index (κ1) is 29.6. The van der Waals surface area contributed by atoms with Crippen molar-refractivity contribution in [3.05, 3.63) is 164 Å². The van der Waals surface area contributed by atoms with E-state index in [1.54, 1.807) is 0 Å². The molecule has 0 unspecified atom stereocenters. The number of aromatic nitrogens is 7. The Hall–Kier alpha value is -7.25. The lowest BCUT2D eigenvalue weighted by Crippen LogP contribution is -2.00. The van der Waals surface area contributed by atoms with E-state index in [0.717, 1.165) is 82.6 Å². The van der Waals surface area contributed by atoms with Crippen LogP contribution >= 0.6 is 0 Å². The predicted molar refractivity (Wildman–Crippen MR) is 208 cm³/mol. The second kappa shape index (κ2) is 12.3. The Morgan fingerprint density at radius 3 is 1.19 bits per heavy atom. The molecule has 5 heterocycles. The Bertz CT molecular complexity index is 2770. The van der Waals surface area contributed by atoms with Gasteiger partial charge in [0.1, 0.15) is 0 Å². The predicted octanol–water partition coefficient (Wildman–Crippen LogP) is 10.4. The molecule has 0 aliphatic heterocycles. The monoisotopic (exact) mass is 665 g/mol. The number of fused-ring (bicyclic) bond motifs is 6. The summed E-state index contributed by atoms with van der Waals surface area (Å²) < 4.78 is 0. The van der Waals surface area contributed by atoms with Crippen LogP contribution in [0.1, 0.15) is 0 Å². The standard InChI is InChI=1S/C45H27N7/c1-3-9-30(10-4-1)43-50-44(31-11-5-2-6-12-31)52-45(51-43)34-26-32(35-19-23-48-41-37(35)17-15-28-13-7-21-46-39(28)41)25-33(27-34)36-20-24-49-42-38(36)18-16-29-14-8-22-47-40(29)42/h1-27H. The Labute approximate surface area is 298 Å². The van der Waals surface area contributed by atoms with Crippen molar-refractivity contribution in [2.24, 2.45) is 0 Å². The molecule has 0 aliphatic carbocycles. The van der Waals surface area contributed by atoms with Gasteiger partial charge in [0.2, 0.25) is 0 Å². The number of hydrogen-bond donors (Lipinski definition) is 0. The molecule has 0 atom stereocenters. The molecule has 5 aromatic carbocycles. The van der Waals surface area contributed by atoms with Crippen LogP contribution in [0.25, 0.3) is 100 Å². The first-order valence-corrected chi connectivity index (χ1v) is 17.0. The Balaban J connectivity index is 1.26. The molecular weight excluding hydrogens is 639 g/mol. The van der Waals surface area contributed by atoms with Crippen LogP contribution in [0, 0.1) is 0 Å². The number of rotatable bonds is 5. The van der Waals surface area contributed by atoms with Gasteiger partial charge in [0.15, 0.2) is 17.5 Å². The maximum Gasteiger partial charge on any atom is 0.164 e. The molecule has 0 amide bonds. The molecule has 0 saturated carbocycles. The maximum atomic E-state index is 5.11. The maximum absolute atomic E-state index is 5.11. The Morgan fingerprint density at radius 1 is 0.288 bits per heavy atom. The molecule has 0 spiro atoms. The van der Waals surface area contributed by atoms with Crippen molar-refractivity contribution >= 4 is 43.6 Å². The molecule has 10 aromatic rings. The van der Waals surface area contributed by atoms with Crippen LogP contribution in [0.15, 0.2) is 164 Å². The third-order valence-electron chi connectivity index (χ3n) is 9.48. The highest BCUT2D eigenvalue weighted by atomic mass is 15.0. The van der Waals surface area contributed by atoms with Crippen LogP contribution in [-0.2, 0) is 0 Å². The van der Waals surface area contributed by atoms with E-state index in [2.05, 4.69) is 66.7 Å². The summed E-state index contributed by atoms with van der Waals surface area (Å²) in [5.74, 6) is 1.79. The van der Waals surface area contributed by atoms with Crippen LogP contribution < -0.4 is 0 Å². The van der Waals surface area contributed by atoms with E-state index in [1.165, 1.54) is 0 Å². The first-order valence-electron chi connectivity index (χ1n) is 17.0. The van der Waals surface area contributed by atoms with Gasteiger partial charge in [-0.05, 0) is 64.7 Å². The summed E-state index contributed by atoms with van der Waals surface area (Å²) in [6.07, 6.45) is 7.36. The van der Waals surface area contributed by atoms with Crippen LogP contribution in [0.2, 0.25) is 0 Å². The number of nitrogens with zero attached hydrogens (tertiary/aromatic N) is 7. The van der Waals surface area contributed by atoms with Gasteiger partial charge < -0.3 is 0 Å². The quantitative estimate of drug-likeness (QED) is 0.169. The van der Waals surface area contributed by atoms with E-state index in [1.807, 2.05) is 97.6 Å². The Morgan fingerprint density at radius 2 is 0.712 bits per heavy atom. The molecule has 0 fully saturated rings. The summed E-state index contributed by atoms with van der Waals surface area (Å²) in [5, 5.41) is 4.12. The zero-order valence-electron chi connectivity index (χ0n) is 27.7. The normalized spacial score (nSPS) is 11.5. The van der Waals surface area contributed by atoms with Crippen molar-refractivity contribution < 1.29 is 0 Å². The largest absolute Gasteiger partial charge is 0.254 e. The summed E-state index contributed by atoms with van der Waals surface area (Å²) in [6.45, 7) is 0. The third-order valence-corrected chi connectivity index (χ3v) is 9.48. The van der Waals surface area contributed by atoms with E-state index >= 15 is 0 Å². The minimum absolute atomic E-state index is 0.576. The molecule has 5 aromatic heterocycles. The molecule has 52 heavy (non-hydrogen) atoms. The van der Waals surface area contributed by atoms with E-state index in [-0.39, 0.29) is 0 Å². The molecule has 242 valence electrons. The van der Waals surface area contributed by atoms with Gasteiger partial charge in [-0.1, -0.05) is 97.1 Å². The molecular formula is C45H27N7. The van der Waals surface area contributed by atoms with Crippen molar-refractivity contribution in [3.8, 4) is 56.4 Å². The smallest absolute Gasteiger partial charge is 0.164 e. The molecule has 0 saturated heterocycles. The zero-order valence-corrected chi connectivity index (χ0v) is 27.7. The summed E-state index contributed by atoms with van der Waals surface area (Å²) in [6, 6.07) is 47.3. The Kier molecular flexibility index (Phi) is 6.99. The van der Waals surface area contributed by atoms with Gasteiger partial charge in [-0.2, -0.15) is 0 Å². The second-order valence-electron chi connectivity index (χ2n) is 12.6. The van der Waals surface area contributed by atoms with E-state index in [4.69, 9.17) is 34.9 Å². The zero-order chi connectivity index (χ0) is 34.4. The molecule has 0 radical (unpaired) electrons. The lowest BCUT2D eigenvalue weighted by Gasteiger charge is -2.15. The average molecular weight is 666 g/mol. The van der Waals surface area contributed by atoms with E-state index < -0.39 is 0 Å². The van der Waals surface area contributed by atoms with Crippen molar-refractivity contribution in [2.75, 3.05) is 0 Å². The fraction of sp³-hybridized carbons (Fsp3) is 0. The highest BCUT2D eigenvalue weighted by Crippen LogP contribution is 2.39. The minimum Gasteiger partial charge on any atom is -0.254 e. The third kappa shape index (κ3) is 5.11. The molecule has 0 N–H and O–H groups in total. The summed E-state index contributed by atoms with van der Waals surface area (Å²) in [7, 11) is 0. The summed E-state index contributed by atoms with van der Waals surface area (Å²) >= 11 is 0. The van der Waals surface area contributed by atoms with Gasteiger partial charge in [-0.25, -0.2) is 15.0 Å². The number of benzene rings is 5. The van der Waals surface area contributed by atoms with Crippen molar-refractivity contribution in [1.29, 1.82) is 0 Å². The summed E-state index contributed by atoms with van der Waals surface area (Å²) in [5.41, 5.74) is 10.2. The van der Waals surface area contributed by atoms with Crippen molar-refractivity contribution in [3.63, 3.8) is 0 Å². The van der Waals surface area contributed by atoms with E-state index in [9.17, 15) is 0 Å². The number of hydrogen-bond acceptors (Lipinski definition) is 7. The van der Waals surface area contributed by atoms with E-state index in [0.29, 0.717) is 17.5 Å². The van der Waals surface area contributed by atoms with Gasteiger partial charge >= 0.3 is 0 Å². The SMILES string of the molecule is c1ccc(-c2nc(-c3ccccc3)nc(-c3cc(-c4ccnc5c4ccc4cccnc45)cc(-c4ccnc5c4ccc4cccnc45)c3)n2)cc1. The van der Waals surface area contributed by atoms with Crippen LogP contribution in [-0.4, -0.2) is 34.9 Å².